The molecule has 7 rings (SSSR count). The Kier molecular flexibility index (Phi) is 7.52. The van der Waals surface area contributed by atoms with Crippen LogP contribution < -0.4 is 24.4 Å². The summed E-state index contributed by atoms with van der Waals surface area (Å²) < 4.78 is 42.5. The van der Waals surface area contributed by atoms with Crippen LogP contribution in [0.4, 0.5) is 8.78 Å². The molecule has 220 valence electrons. The fourth-order valence-corrected chi connectivity index (χ4v) is 7.42. The van der Waals surface area contributed by atoms with Gasteiger partial charge in [0.2, 0.25) is 0 Å². The zero-order chi connectivity index (χ0) is 30.4. The van der Waals surface area contributed by atoms with Crippen molar-refractivity contribution in [2.24, 2.45) is 4.99 Å². The number of allylic oxidation sites excluding steroid dienone is 1. The summed E-state index contributed by atoms with van der Waals surface area (Å²) in [4.78, 5) is 19.7. The van der Waals surface area contributed by atoms with E-state index in [-0.39, 0.29) is 23.8 Å². The molecule has 5 nitrogen and oxygen atoms in total. The summed E-state index contributed by atoms with van der Waals surface area (Å²) in [6.45, 7) is 0.0246. The number of ether oxygens (including phenoxy) is 2. The molecule has 0 radical (unpaired) electrons. The first-order valence-electron chi connectivity index (χ1n) is 14.0. The minimum atomic E-state index is -0.396. The van der Waals surface area contributed by atoms with Crippen LogP contribution in [0.25, 0.3) is 11.8 Å². The molecule has 0 amide bonds. The molecule has 0 bridgehead atoms. The number of thiazole rings is 1. The molecule has 4 aromatic carbocycles. The number of nitrogens with zero attached hydrogens (tertiary/aromatic N) is 2. The van der Waals surface area contributed by atoms with Gasteiger partial charge >= 0.3 is 0 Å². The van der Waals surface area contributed by atoms with Gasteiger partial charge in [0, 0.05) is 11.1 Å². The van der Waals surface area contributed by atoms with Crippen molar-refractivity contribution in [2.45, 2.75) is 25.5 Å². The molecule has 0 saturated carbocycles. The highest BCUT2D eigenvalue weighted by Crippen LogP contribution is 2.41. The molecular formula is C35H25BrF2N2O3S. The summed E-state index contributed by atoms with van der Waals surface area (Å²) in [5.41, 5.74) is 6.02. The van der Waals surface area contributed by atoms with E-state index in [0.717, 1.165) is 35.2 Å². The molecule has 1 aliphatic carbocycles. The Morgan fingerprint density at radius 2 is 1.80 bits per heavy atom. The SMILES string of the molecule is COc1cc(/C=c2/sc3n(c2=O)[C@@H](c2ccc(F)cc2)C2=C(N=3)c3ccccc3CC2)cc(Br)c1OCc1ccccc1F. The van der Waals surface area contributed by atoms with Gasteiger partial charge in [-0.3, -0.25) is 9.36 Å². The number of aryl methyl sites for hydroxylation is 1. The van der Waals surface area contributed by atoms with E-state index in [1.165, 1.54) is 42.2 Å². The van der Waals surface area contributed by atoms with Gasteiger partial charge in [0.05, 0.1) is 27.9 Å². The van der Waals surface area contributed by atoms with Gasteiger partial charge in [-0.15, -0.1) is 0 Å². The summed E-state index contributed by atoms with van der Waals surface area (Å²) in [5, 5.41) is 0. The first-order valence-corrected chi connectivity index (χ1v) is 15.6. The second kappa shape index (κ2) is 11.6. The molecule has 0 saturated heterocycles. The van der Waals surface area contributed by atoms with Gasteiger partial charge in [-0.2, -0.15) is 0 Å². The van der Waals surface area contributed by atoms with Crippen LogP contribution in [0.2, 0.25) is 0 Å². The number of benzene rings is 4. The van der Waals surface area contributed by atoms with E-state index in [1.54, 1.807) is 47.0 Å². The molecule has 9 heteroatoms. The maximum absolute atomic E-state index is 14.2. The number of aromatic nitrogens is 1. The van der Waals surface area contributed by atoms with Crippen LogP contribution in [0.5, 0.6) is 11.5 Å². The van der Waals surface area contributed by atoms with Crippen LogP contribution in [-0.2, 0) is 13.0 Å². The first kappa shape index (κ1) is 28.4. The minimum Gasteiger partial charge on any atom is -0.493 e. The van der Waals surface area contributed by atoms with Crippen LogP contribution in [-0.4, -0.2) is 11.7 Å². The van der Waals surface area contributed by atoms with Crippen molar-refractivity contribution < 1.29 is 18.3 Å². The zero-order valence-electron chi connectivity index (χ0n) is 23.5. The fourth-order valence-electron chi connectivity index (χ4n) is 5.85. The number of methoxy groups -OCH3 is 1. The predicted octanol–water partition coefficient (Wildman–Crippen LogP) is 6.95. The van der Waals surface area contributed by atoms with Gasteiger partial charge in [0.15, 0.2) is 16.3 Å². The molecule has 0 unspecified atom stereocenters. The standard InChI is InChI=1S/C35H25BrF2N2O3S/c1-42-29-17-20(16-27(36)33(29)43-19-23-7-3-5-9-28(23)38)18-30-34(41)40-32(22-10-13-24(37)14-11-22)26-15-12-21-6-2-4-8-25(21)31(26)39-35(40)44-30/h2-11,13-14,16-18,32H,12,15,19H2,1H3/b30-18+/t32-/m0/s1. The second-order valence-electron chi connectivity index (χ2n) is 10.6. The third-order valence-corrected chi connectivity index (χ3v) is 9.51. The zero-order valence-corrected chi connectivity index (χ0v) is 25.9. The molecular weight excluding hydrogens is 646 g/mol. The quantitative estimate of drug-likeness (QED) is 0.197. The van der Waals surface area contributed by atoms with Gasteiger partial charge in [-0.1, -0.05) is 65.9 Å². The smallest absolute Gasteiger partial charge is 0.271 e. The summed E-state index contributed by atoms with van der Waals surface area (Å²) in [6.07, 6.45) is 3.39. The maximum Gasteiger partial charge on any atom is 0.271 e. The molecule has 44 heavy (non-hydrogen) atoms. The third-order valence-electron chi connectivity index (χ3n) is 7.94. The molecule has 0 fully saturated rings. The molecule has 0 spiro atoms. The number of hydrogen-bond donors (Lipinski definition) is 0. The normalized spacial score (nSPS) is 15.7. The lowest BCUT2D eigenvalue weighted by molar-refractivity contribution is 0.278. The third kappa shape index (κ3) is 5.10. The highest BCUT2D eigenvalue weighted by molar-refractivity contribution is 9.10. The maximum atomic E-state index is 14.2. The number of fused-ring (bicyclic) bond motifs is 3. The van der Waals surface area contributed by atoms with E-state index in [4.69, 9.17) is 14.5 Å². The van der Waals surface area contributed by atoms with Crippen LogP contribution >= 0.6 is 27.3 Å². The predicted molar refractivity (Wildman–Crippen MR) is 171 cm³/mol. The molecule has 1 atom stereocenters. The van der Waals surface area contributed by atoms with Gasteiger partial charge in [-0.25, -0.2) is 13.8 Å². The van der Waals surface area contributed by atoms with E-state index in [1.807, 2.05) is 18.2 Å². The van der Waals surface area contributed by atoms with E-state index < -0.39 is 6.04 Å². The number of hydrogen-bond acceptors (Lipinski definition) is 5. The summed E-state index contributed by atoms with van der Waals surface area (Å²) in [7, 11) is 1.53. The van der Waals surface area contributed by atoms with Crippen LogP contribution in [0.15, 0.2) is 105 Å². The number of rotatable bonds is 6. The highest BCUT2D eigenvalue weighted by atomic mass is 79.9. The Hall–Kier alpha value is -4.34. The van der Waals surface area contributed by atoms with Crippen molar-refractivity contribution in [3.8, 4) is 11.5 Å². The van der Waals surface area contributed by atoms with Crippen LogP contribution in [0, 0.1) is 11.6 Å². The lowest BCUT2D eigenvalue weighted by Gasteiger charge is -2.30. The van der Waals surface area contributed by atoms with Crippen molar-refractivity contribution in [1.29, 1.82) is 0 Å². The van der Waals surface area contributed by atoms with E-state index in [0.29, 0.717) is 36.4 Å². The van der Waals surface area contributed by atoms with Crippen molar-refractivity contribution in [1.82, 2.24) is 4.57 Å². The van der Waals surface area contributed by atoms with Gasteiger partial charge < -0.3 is 9.47 Å². The molecule has 1 aromatic heterocycles. The fraction of sp³-hybridized carbons (Fsp3) is 0.143. The van der Waals surface area contributed by atoms with Crippen molar-refractivity contribution in [3.63, 3.8) is 0 Å². The Balaban J connectivity index is 1.33. The second-order valence-corrected chi connectivity index (χ2v) is 12.4. The van der Waals surface area contributed by atoms with Gasteiger partial charge in [-0.05, 0) is 87.4 Å². The van der Waals surface area contributed by atoms with Crippen molar-refractivity contribution in [2.75, 3.05) is 7.11 Å². The molecule has 0 N–H and O–H groups in total. The average Bonchev–Trinajstić information content (AvgIpc) is 3.34. The topological polar surface area (TPSA) is 52.8 Å². The van der Waals surface area contributed by atoms with E-state index >= 15 is 0 Å². The lowest BCUT2D eigenvalue weighted by atomic mass is 9.83. The minimum absolute atomic E-state index is 0.0246. The van der Waals surface area contributed by atoms with Gasteiger partial charge in [0.1, 0.15) is 18.2 Å². The first-order chi connectivity index (χ1) is 21.4. The Morgan fingerprint density at radius 3 is 2.59 bits per heavy atom. The summed E-state index contributed by atoms with van der Waals surface area (Å²) in [5.74, 6) is 0.187. The average molecular weight is 672 g/mol. The monoisotopic (exact) mass is 670 g/mol. The molecule has 2 aliphatic rings. The van der Waals surface area contributed by atoms with Gasteiger partial charge in [0.25, 0.3) is 5.56 Å². The number of halogens is 3. The summed E-state index contributed by atoms with van der Waals surface area (Å²) in [6, 6.07) is 24.2. The molecule has 5 aromatic rings. The Morgan fingerprint density at radius 1 is 1.02 bits per heavy atom. The van der Waals surface area contributed by atoms with Crippen LogP contribution in [0.3, 0.4) is 0 Å². The van der Waals surface area contributed by atoms with E-state index in [9.17, 15) is 13.6 Å². The Bertz CT molecular complexity index is 2140. The van der Waals surface area contributed by atoms with Crippen molar-refractivity contribution in [3.05, 3.63) is 154 Å². The highest BCUT2D eigenvalue weighted by Gasteiger charge is 2.32. The Labute approximate surface area is 264 Å². The van der Waals surface area contributed by atoms with Crippen molar-refractivity contribution >= 4 is 39.0 Å². The van der Waals surface area contributed by atoms with Crippen LogP contribution in [0.1, 0.15) is 40.3 Å². The summed E-state index contributed by atoms with van der Waals surface area (Å²) >= 11 is 4.88. The molecule has 1 aliphatic heterocycles. The van der Waals surface area contributed by atoms with E-state index in [2.05, 4.69) is 28.1 Å². The largest absolute Gasteiger partial charge is 0.493 e. The lowest BCUT2D eigenvalue weighted by Crippen LogP contribution is -2.38. The molecule has 2 heterocycles.